The third kappa shape index (κ3) is 3.43. The van der Waals surface area contributed by atoms with Gasteiger partial charge in [-0.2, -0.15) is 4.68 Å². The molecular formula is C12H17N7OS. The van der Waals surface area contributed by atoms with Crippen molar-refractivity contribution in [2.75, 3.05) is 39.3 Å². The highest BCUT2D eigenvalue weighted by Crippen LogP contribution is 2.19. The fourth-order valence-electron chi connectivity index (χ4n) is 2.27. The van der Waals surface area contributed by atoms with Gasteiger partial charge in [-0.15, -0.1) is 16.4 Å². The molecule has 1 amide bonds. The van der Waals surface area contributed by atoms with Crippen molar-refractivity contribution in [2.45, 2.75) is 0 Å². The van der Waals surface area contributed by atoms with Crippen LogP contribution in [0.2, 0.25) is 0 Å². The molecule has 3 heterocycles. The van der Waals surface area contributed by atoms with Crippen molar-refractivity contribution >= 4 is 17.2 Å². The first-order chi connectivity index (χ1) is 10.3. The number of rotatable bonds is 5. The molecule has 2 aromatic heterocycles. The molecule has 0 aromatic carbocycles. The van der Waals surface area contributed by atoms with Crippen LogP contribution in [0.5, 0.6) is 0 Å². The summed E-state index contributed by atoms with van der Waals surface area (Å²) in [5.41, 5.74) is 0.713. The Morgan fingerprint density at radius 3 is 3.05 bits per heavy atom. The van der Waals surface area contributed by atoms with Crippen LogP contribution in [-0.4, -0.2) is 70.3 Å². The molecule has 0 aliphatic carbocycles. The fourth-order valence-corrected chi connectivity index (χ4v) is 3.06. The molecule has 1 aliphatic rings. The van der Waals surface area contributed by atoms with Crippen LogP contribution in [0.4, 0.5) is 0 Å². The van der Waals surface area contributed by atoms with E-state index in [1.807, 2.05) is 11.4 Å². The predicted octanol–water partition coefficient (Wildman–Crippen LogP) is -0.641. The zero-order valence-corrected chi connectivity index (χ0v) is 12.3. The molecule has 0 spiro atoms. The van der Waals surface area contributed by atoms with Gasteiger partial charge in [-0.3, -0.25) is 9.69 Å². The number of nitrogens with zero attached hydrogens (tertiary/aromatic N) is 5. The second-order valence-electron chi connectivity index (χ2n) is 4.74. The smallest absolute Gasteiger partial charge is 0.263 e. The lowest BCUT2D eigenvalue weighted by molar-refractivity contribution is 0.0951. The minimum Gasteiger partial charge on any atom is -0.350 e. The molecule has 0 saturated carbocycles. The first-order valence-electron chi connectivity index (χ1n) is 6.87. The number of carbonyl (C=O) groups is 1. The summed E-state index contributed by atoms with van der Waals surface area (Å²) in [6, 6.07) is 1.84. The summed E-state index contributed by atoms with van der Waals surface area (Å²) in [4.78, 5) is 15.2. The van der Waals surface area contributed by atoms with Crippen molar-refractivity contribution in [1.29, 1.82) is 0 Å². The minimum atomic E-state index is -0.0781. The van der Waals surface area contributed by atoms with Crippen LogP contribution >= 0.6 is 11.3 Å². The number of hydrogen-bond acceptors (Lipinski definition) is 7. The maximum Gasteiger partial charge on any atom is 0.263 e. The summed E-state index contributed by atoms with van der Waals surface area (Å²) in [5.74, 6) is -0.0781. The van der Waals surface area contributed by atoms with Gasteiger partial charge in [0, 0.05) is 39.3 Å². The van der Waals surface area contributed by atoms with Crippen molar-refractivity contribution in [1.82, 2.24) is 35.7 Å². The summed E-state index contributed by atoms with van der Waals surface area (Å²) in [6.07, 6.45) is 1.49. The van der Waals surface area contributed by atoms with E-state index in [1.54, 1.807) is 0 Å². The molecule has 1 fully saturated rings. The largest absolute Gasteiger partial charge is 0.350 e. The number of nitrogens with one attached hydrogen (secondary N) is 2. The Kier molecular flexibility index (Phi) is 4.53. The number of thiophene rings is 1. The van der Waals surface area contributed by atoms with Gasteiger partial charge in [0.15, 0.2) is 0 Å². The van der Waals surface area contributed by atoms with Crippen LogP contribution in [0, 0.1) is 0 Å². The molecule has 2 aromatic rings. The van der Waals surface area contributed by atoms with Gasteiger partial charge in [0.25, 0.3) is 5.91 Å². The average molecular weight is 307 g/mol. The molecule has 8 nitrogen and oxygen atoms in total. The van der Waals surface area contributed by atoms with Gasteiger partial charge in [0.1, 0.15) is 11.2 Å². The zero-order valence-electron chi connectivity index (χ0n) is 11.5. The second kappa shape index (κ2) is 6.74. The molecule has 0 unspecified atom stereocenters. The lowest BCUT2D eigenvalue weighted by Gasteiger charge is -2.27. The summed E-state index contributed by atoms with van der Waals surface area (Å²) >= 11 is 1.39. The third-order valence-electron chi connectivity index (χ3n) is 3.37. The highest BCUT2D eigenvalue weighted by Gasteiger charge is 2.16. The van der Waals surface area contributed by atoms with E-state index in [9.17, 15) is 4.79 Å². The summed E-state index contributed by atoms with van der Waals surface area (Å²) < 4.78 is 1.50. The lowest BCUT2D eigenvalue weighted by atomic mass is 10.3. The van der Waals surface area contributed by atoms with Crippen LogP contribution in [0.3, 0.4) is 0 Å². The molecule has 0 atom stereocenters. The van der Waals surface area contributed by atoms with Crippen molar-refractivity contribution in [2.24, 2.45) is 0 Å². The Bertz CT molecular complexity index is 576. The molecule has 21 heavy (non-hydrogen) atoms. The number of amides is 1. The maximum atomic E-state index is 12.3. The quantitative estimate of drug-likeness (QED) is 0.764. The van der Waals surface area contributed by atoms with E-state index in [1.165, 1.54) is 22.3 Å². The van der Waals surface area contributed by atoms with Crippen molar-refractivity contribution in [3.05, 3.63) is 22.7 Å². The second-order valence-corrected chi connectivity index (χ2v) is 5.65. The predicted molar refractivity (Wildman–Crippen MR) is 78.7 cm³/mol. The molecule has 1 saturated heterocycles. The highest BCUT2D eigenvalue weighted by atomic mass is 32.1. The lowest BCUT2D eigenvalue weighted by Crippen LogP contribution is -2.46. The van der Waals surface area contributed by atoms with Crippen molar-refractivity contribution < 1.29 is 4.79 Å². The summed E-state index contributed by atoms with van der Waals surface area (Å²) in [5, 5.41) is 19.1. The molecule has 1 aliphatic heterocycles. The van der Waals surface area contributed by atoms with Gasteiger partial charge < -0.3 is 10.6 Å². The Morgan fingerprint density at radius 2 is 2.29 bits per heavy atom. The first kappa shape index (κ1) is 14.1. The molecule has 9 heteroatoms. The SMILES string of the molecule is O=C(NCCN1CCNCC1)c1sccc1-n1cnnn1. The van der Waals surface area contributed by atoms with E-state index < -0.39 is 0 Å². The number of carbonyl (C=O) groups excluding carboxylic acids is 1. The number of piperazine rings is 1. The zero-order chi connectivity index (χ0) is 14.5. The molecular weight excluding hydrogens is 290 g/mol. The highest BCUT2D eigenvalue weighted by molar-refractivity contribution is 7.12. The van der Waals surface area contributed by atoms with E-state index >= 15 is 0 Å². The fraction of sp³-hybridized carbons (Fsp3) is 0.500. The van der Waals surface area contributed by atoms with Gasteiger partial charge in [-0.25, -0.2) is 0 Å². The molecule has 3 rings (SSSR count). The monoisotopic (exact) mass is 307 g/mol. The average Bonchev–Trinajstić information content (AvgIpc) is 3.19. The number of hydrogen-bond donors (Lipinski definition) is 2. The molecule has 2 N–H and O–H groups in total. The minimum absolute atomic E-state index is 0.0781. The van der Waals surface area contributed by atoms with Gasteiger partial charge in [0.05, 0.1) is 5.69 Å². The van der Waals surface area contributed by atoms with Crippen molar-refractivity contribution in [3.63, 3.8) is 0 Å². The van der Waals surface area contributed by atoms with Gasteiger partial charge in [-0.1, -0.05) is 0 Å². The topological polar surface area (TPSA) is 88.0 Å². The Morgan fingerprint density at radius 1 is 1.43 bits per heavy atom. The molecule has 0 radical (unpaired) electrons. The van der Waals surface area contributed by atoms with Crippen molar-refractivity contribution in [3.8, 4) is 5.69 Å². The van der Waals surface area contributed by atoms with Gasteiger partial charge in [0.2, 0.25) is 0 Å². The summed E-state index contributed by atoms with van der Waals surface area (Å²) in [7, 11) is 0. The standard InChI is InChI=1S/C12H17N7OS/c20-12(14-4-7-18-5-2-13-3-6-18)11-10(1-8-21-11)19-9-15-16-17-19/h1,8-9,13H,2-7H2,(H,14,20). The number of tetrazole rings is 1. The first-order valence-corrected chi connectivity index (χ1v) is 7.74. The van der Waals surface area contributed by atoms with E-state index in [0.717, 1.165) is 32.7 Å². The van der Waals surface area contributed by atoms with Gasteiger partial charge >= 0.3 is 0 Å². The van der Waals surface area contributed by atoms with E-state index in [0.29, 0.717) is 17.1 Å². The van der Waals surface area contributed by atoms with E-state index in [2.05, 4.69) is 31.1 Å². The Hall–Kier alpha value is -1.84. The third-order valence-corrected chi connectivity index (χ3v) is 4.27. The van der Waals surface area contributed by atoms with Crippen LogP contribution in [0.15, 0.2) is 17.8 Å². The van der Waals surface area contributed by atoms with E-state index in [4.69, 9.17) is 0 Å². The van der Waals surface area contributed by atoms with Crippen LogP contribution < -0.4 is 10.6 Å². The van der Waals surface area contributed by atoms with Gasteiger partial charge in [-0.05, 0) is 21.9 Å². The van der Waals surface area contributed by atoms with Crippen LogP contribution in [0.1, 0.15) is 9.67 Å². The van der Waals surface area contributed by atoms with E-state index in [-0.39, 0.29) is 5.91 Å². The Labute approximate surface area is 126 Å². The maximum absolute atomic E-state index is 12.3. The van der Waals surface area contributed by atoms with Crippen LogP contribution in [0.25, 0.3) is 5.69 Å². The molecule has 0 bridgehead atoms. The number of aromatic nitrogens is 4. The molecule has 112 valence electrons. The normalized spacial score (nSPS) is 16.0. The Balaban J connectivity index is 1.55. The van der Waals surface area contributed by atoms with Crippen LogP contribution in [-0.2, 0) is 0 Å². The summed E-state index contributed by atoms with van der Waals surface area (Å²) in [6.45, 7) is 5.62.